The number of pyridine rings is 1. The zero-order valence-corrected chi connectivity index (χ0v) is 12.4. The van der Waals surface area contributed by atoms with Crippen LogP contribution in [0.25, 0.3) is 0 Å². The van der Waals surface area contributed by atoms with Crippen LogP contribution in [0.4, 0.5) is 11.5 Å². The molecule has 1 amide bonds. The molecule has 7 heteroatoms. The SMILES string of the molecule is CC(C)C(=O)N1CCCN(c2ccc([N+](=O)[O-])cn2)CC1. The Hall–Kier alpha value is -2.18. The first-order valence-corrected chi connectivity index (χ1v) is 7.13. The molecule has 2 heterocycles. The molecule has 7 nitrogen and oxygen atoms in total. The van der Waals surface area contributed by atoms with Crippen LogP contribution in [0.1, 0.15) is 20.3 Å². The lowest BCUT2D eigenvalue weighted by Crippen LogP contribution is -2.37. The Morgan fingerprint density at radius 2 is 2.05 bits per heavy atom. The van der Waals surface area contributed by atoms with Gasteiger partial charge in [-0.25, -0.2) is 4.98 Å². The first-order valence-electron chi connectivity index (χ1n) is 7.13. The van der Waals surface area contributed by atoms with Crippen LogP contribution >= 0.6 is 0 Å². The molecule has 1 aromatic rings. The number of nitrogens with zero attached hydrogens (tertiary/aromatic N) is 4. The van der Waals surface area contributed by atoms with Gasteiger partial charge in [-0.3, -0.25) is 14.9 Å². The van der Waals surface area contributed by atoms with Gasteiger partial charge in [-0.15, -0.1) is 0 Å². The summed E-state index contributed by atoms with van der Waals surface area (Å²) in [6.45, 7) is 6.72. The molecule has 0 atom stereocenters. The summed E-state index contributed by atoms with van der Waals surface area (Å²) in [6.07, 6.45) is 2.15. The molecule has 0 N–H and O–H groups in total. The first-order chi connectivity index (χ1) is 9.99. The van der Waals surface area contributed by atoms with E-state index in [1.165, 1.54) is 12.3 Å². The number of hydrogen-bond donors (Lipinski definition) is 0. The quantitative estimate of drug-likeness (QED) is 0.625. The van der Waals surface area contributed by atoms with E-state index in [0.717, 1.165) is 25.3 Å². The van der Waals surface area contributed by atoms with Crippen LogP contribution in [0, 0.1) is 16.0 Å². The maximum Gasteiger partial charge on any atom is 0.287 e. The summed E-state index contributed by atoms with van der Waals surface area (Å²) >= 11 is 0. The third-order valence-corrected chi connectivity index (χ3v) is 3.57. The highest BCUT2D eigenvalue weighted by molar-refractivity contribution is 5.78. The van der Waals surface area contributed by atoms with Crippen LogP contribution in [0.3, 0.4) is 0 Å². The Morgan fingerprint density at radius 3 is 2.62 bits per heavy atom. The average molecular weight is 292 g/mol. The van der Waals surface area contributed by atoms with Crippen molar-refractivity contribution in [2.24, 2.45) is 5.92 Å². The van der Waals surface area contributed by atoms with Gasteiger partial charge in [0.25, 0.3) is 5.69 Å². The van der Waals surface area contributed by atoms with E-state index in [0.29, 0.717) is 13.1 Å². The van der Waals surface area contributed by atoms with Gasteiger partial charge in [-0.1, -0.05) is 13.8 Å². The third kappa shape index (κ3) is 3.68. The highest BCUT2D eigenvalue weighted by Gasteiger charge is 2.21. The van der Waals surface area contributed by atoms with Gasteiger partial charge < -0.3 is 9.80 Å². The number of hydrogen-bond acceptors (Lipinski definition) is 5. The maximum absolute atomic E-state index is 12.0. The summed E-state index contributed by atoms with van der Waals surface area (Å²) in [5.41, 5.74) is -0.00909. The summed E-state index contributed by atoms with van der Waals surface area (Å²) in [5.74, 6) is 0.905. The molecule has 0 unspecified atom stereocenters. The summed E-state index contributed by atoms with van der Waals surface area (Å²) in [6, 6.07) is 3.13. The van der Waals surface area contributed by atoms with Crippen molar-refractivity contribution in [2.75, 3.05) is 31.1 Å². The lowest BCUT2D eigenvalue weighted by molar-refractivity contribution is -0.385. The molecular formula is C14H20N4O3. The smallest absolute Gasteiger partial charge is 0.287 e. The van der Waals surface area contributed by atoms with Crippen LogP contribution in [-0.4, -0.2) is 46.9 Å². The molecule has 0 bridgehead atoms. The molecule has 0 spiro atoms. The number of rotatable bonds is 3. The number of nitro groups is 1. The summed E-state index contributed by atoms with van der Waals surface area (Å²) in [5, 5.41) is 10.6. The zero-order valence-electron chi connectivity index (χ0n) is 12.4. The van der Waals surface area contributed by atoms with Crippen LogP contribution < -0.4 is 4.90 Å². The maximum atomic E-state index is 12.0. The predicted molar refractivity (Wildman–Crippen MR) is 79.1 cm³/mol. The Labute approximate surface area is 123 Å². The highest BCUT2D eigenvalue weighted by Crippen LogP contribution is 2.18. The molecule has 1 aliphatic heterocycles. The van der Waals surface area contributed by atoms with Crippen LogP contribution in [-0.2, 0) is 4.79 Å². The Bertz CT molecular complexity index is 515. The van der Waals surface area contributed by atoms with E-state index in [2.05, 4.69) is 9.88 Å². The van der Waals surface area contributed by atoms with E-state index in [4.69, 9.17) is 0 Å². The highest BCUT2D eigenvalue weighted by atomic mass is 16.6. The lowest BCUT2D eigenvalue weighted by Gasteiger charge is -2.23. The lowest BCUT2D eigenvalue weighted by atomic mass is 10.2. The van der Waals surface area contributed by atoms with Gasteiger partial charge in [0.1, 0.15) is 12.0 Å². The summed E-state index contributed by atoms with van der Waals surface area (Å²) in [7, 11) is 0. The van der Waals surface area contributed by atoms with Gasteiger partial charge in [-0.2, -0.15) is 0 Å². The number of aromatic nitrogens is 1. The molecule has 0 saturated carbocycles. The largest absolute Gasteiger partial charge is 0.355 e. The van der Waals surface area contributed by atoms with Crippen LogP contribution in [0.5, 0.6) is 0 Å². The second-order valence-electron chi connectivity index (χ2n) is 5.45. The Morgan fingerprint density at radius 1 is 1.29 bits per heavy atom. The minimum absolute atomic E-state index is 0.00838. The van der Waals surface area contributed by atoms with Gasteiger partial charge in [0.2, 0.25) is 5.91 Å². The monoisotopic (exact) mass is 292 g/mol. The minimum Gasteiger partial charge on any atom is -0.355 e. The molecule has 0 aliphatic carbocycles. The molecular weight excluding hydrogens is 272 g/mol. The molecule has 1 saturated heterocycles. The zero-order chi connectivity index (χ0) is 15.4. The van der Waals surface area contributed by atoms with Gasteiger partial charge in [0.15, 0.2) is 0 Å². The van der Waals surface area contributed by atoms with Gasteiger partial charge in [0.05, 0.1) is 4.92 Å². The fourth-order valence-corrected chi connectivity index (χ4v) is 2.41. The van der Waals surface area contributed by atoms with Crippen LogP contribution in [0.2, 0.25) is 0 Å². The molecule has 0 aromatic carbocycles. The Kier molecular flexibility index (Phi) is 4.72. The minimum atomic E-state index is -0.456. The molecule has 0 radical (unpaired) electrons. The molecule has 1 aliphatic rings. The van der Waals surface area contributed by atoms with E-state index < -0.39 is 4.92 Å². The molecule has 1 fully saturated rings. The number of carbonyl (C=O) groups excluding carboxylic acids is 1. The fraction of sp³-hybridized carbons (Fsp3) is 0.571. The van der Waals surface area contributed by atoms with Gasteiger partial charge in [0, 0.05) is 38.2 Å². The van der Waals surface area contributed by atoms with E-state index in [1.807, 2.05) is 18.7 Å². The number of amides is 1. The van der Waals surface area contributed by atoms with Crippen molar-refractivity contribution in [3.8, 4) is 0 Å². The van der Waals surface area contributed by atoms with E-state index in [-0.39, 0.29) is 17.5 Å². The summed E-state index contributed by atoms with van der Waals surface area (Å²) < 4.78 is 0. The van der Waals surface area contributed by atoms with Gasteiger partial charge >= 0.3 is 0 Å². The second kappa shape index (κ2) is 6.51. The second-order valence-corrected chi connectivity index (χ2v) is 5.45. The molecule has 21 heavy (non-hydrogen) atoms. The van der Waals surface area contributed by atoms with Crippen molar-refractivity contribution >= 4 is 17.4 Å². The predicted octanol–water partition coefficient (Wildman–Crippen LogP) is 1.68. The topological polar surface area (TPSA) is 79.6 Å². The van der Waals surface area contributed by atoms with Crippen LogP contribution in [0.15, 0.2) is 18.3 Å². The van der Waals surface area contributed by atoms with Crippen molar-refractivity contribution in [3.63, 3.8) is 0 Å². The number of carbonyl (C=O) groups is 1. The number of anilines is 1. The van der Waals surface area contributed by atoms with Crippen molar-refractivity contribution < 1.29 is 9.72 Å². The first kappa shape index (κ1) is 15.2. The van der Waals surface area contributed by atoms with E-state index in [1.54, 1.807) is 6.07 Å². The van der Waals surface area contributed by atoms with Crippen molar-refractivity contribution in [2.45, 2.75) is 20.3 Å². The van der Waals surface area contributed by atoms with E-state index in [9.17, 15) is 14.9 Å². The average Bonchev–Trinajstić information content (AvgIpc) is 2.72. The molecule has 114 valence electrons. The van der Waals surface area contributed by atoms with Crippen molar-refractivity contribution in [1.82, 2.24) is 9.88 Å². The Balaban J connectivity index is 2.02. The van der Waals surface area contributed by atoms with E-state index >= 15 is 0 Å². The van der Waals surface area contributed by atoms with Crippen molar-refractivity contribution in [1.29, 1.82) is 0 Å². The summed E-state index contributed by atoms with van der Waals surface area (Å²) in [4.78, 5) is 30.3. The molecule has 1 aromatic heterocycles. The third-order valence-electron chi connectivity index (χ3n) is 3.57. The standard InChI is InChI=1S/C14H20N4O3/c1-11(2)14(19)17-7-3-6-16(8-9-17)13-5-4-12(10-15-13)18(20)21/h4-5,10-11H,3,6-9H2,1-2H3. The molecule has 2 rings (SSSR count). The normalized spacial score (nSPS) is 16.0. The van der Waals surface area contributed by atoms with Crippen molar-refractivity contribution in [3.05, 3.63) is 28.4 Å². The van der Waals surface area contributed by atoms with Gasteiger partial charge in [-0.05, 0) is 12.5 Å². The fourth-order valence-electron chi connectivity index (χ4n) is 2.41.